The molecule has 3 rings (SSSR count). The summed E-state index contributed by atoms with van der Waals surface area (Å²) in [7, 11) is 0. The lowest BCUT2D eigenvalue weighted by molar-refractivity contribution is 0.0906. The summed E-state index contributed by atoms with van der Waals surface area (Å²) >= 11 is 0. The molecule has 0 bridgehead atoms. The van der Waals surface area contributed by atoms with Crippen LogP contribution in [0.4, 0.5) is 0 Å². The Labute approximate surface area is 160 Å². The molecule has 0 aromatic carbocycles. The summed E-state index contributed by atoms with van der Waals surface area (Å²) in [6.07, 6.45) is 9.84. The van der Waals surface area contributed by atoms with E-state index in [0.29, 0.717) is 29.6 Å². The first-order valence-electron chi connectivity index (χ1n) is 10.2. The fraction of sp³-hybridized carbons (Fsp3) is 0.619. The molecule has 1 amide bonds. The summed E-state index contributed by atoms with van der Waals surface area (Å²) < 4.78 is 7.89. The maximum absolute atomic E-state index is 12.8. The highest BCUT2D eigenvalue weighted by atomic mass is 16.5. The van der Waals surface area contributed by atoms with Crippen molar-refractivity contribution < 1.29 is 14.6 Å². The maximum atomic E-state index is 12.8. The minimum Gasteiger partial charge on any atom is -0.489 e. The summed E-state index contributed by atoms with van der Waals surface area (Å²) in [5, 5.41) is 12.4. The second-order valence-electron chi connectivity index (χ2n) is 7.57. The molecule has 0 aliphatic heterocycles. The van der Waals surface area contributed by atoms with Crippen molar-refractivity contribution in [2.45, 2.75) is 64.8 Å². The molecule has 1 saturated carbocycles. The first-order chi connectivity index (χ1) is 13.1. The minimum atomic E-state index is -0.238. The number of nitrogens with one attached hydrogen (secondary N) is 1. The van der Waals surface area contributed by atoms with Gasteiger partial charge in [-0.3, -0.25) is 9.20 Å². The van der Waals surface area contributed by atoms with Crippen LogP contribution in [0.5, 0.6) is 5.75 Å². The second-order valence-corrected chi connectivity index (χ2v) is 7.57. The van der Waals surface area contributed by atoms with Crippen LogP contribution in [0.3, 0.4) is 0 Å². The Hall–Kier alpha value is -2.08. The zero-order valence-corrected chi connectivity index (χ0v) is 16.4. The molecule has 6 nitrogen and oxygen atoms in total. The van der Waals surface area contributed by atoms with Crippen LogP contribution in [0, 0.1) is 12.8 Å². The molecule has 0 radical (unpaired) electrons. The third-order valence-corrected chi connectivity index (χ3v) is 5.40. The SMILES string of the molecule is CCCC(CO)NC(=O)c1c(C)nc2c(OCC3CCCCC3)cccn12. The molecule has 1 aliphatic carbocycles. The van der Waals surface area contributed by atoms with Crippen molar-refractivity contribution in [1.82, 2.24) is 14.7 Å². The van der Waals surface area contributed by atoms with Gasteiger partial charge in [0.05, 0.1) is 24.9 Å². The summed E-state index contributed by atoms with van der Waals surface area (Å²) in [5.41, 5.74) is 1.84. The number of aryl methyl sites for hydroxylation is 1. The monoisotopic (exact) mass is 373 g/mol. The normalized spacial score (nSPS) is 16.4. The van der Waals surface area contributed by atoms with Gasteiger partial charge in [-0.2, -0.15) is 0 Å². The highest BCUT2D eigenvalue weighted by Crippen LogP contribution is 2.27. The Morgan fingerprint density at radius 3 is 2.89 bits per heavy atom. The second kappa shape index (κ2) is 9.22. The van der Waals surface area contributed by atoms with Gasteiger partial charge in [0.1, 0.15) is 5.69 Å². The molecular formula is C21H31N3O3. The first-order valence-corrected chi connectivity index (χ1v) is 10.2. The van der Waals surface area contributed by atoms with E-state index < -0.39 is 0 Å². The lowest BCUT2D eigenvalue weighted by Gasteiger charge is -2.21. The van der Waals surface area contributed by atoms with Gasteiger partial charge in [-0.25, -0.2) is 4.98 Å². The number of rotatable bonds is 8. The number of aromatic nitrogens is 2. The van der Waals surface area contributed by atoms with Crippen LogP contribution in [0.25, 0.3) is 5.65 Å². The Balaban J connectivity index is 1.79. The molecule has 2 aromatic heterocycles. The van der Waals surface area contributed by atoms with Gasteiger partial charge in [-0.1, -0.05) is 32.6 Å². The van der Waals surface area contributed by atoms with Crippen molar-refractivity contribution in [3.8, 4) is 5.75 Å². The van der Waals surface area contributed by atoms with E-state index in [-0.39, 0.29) is 18.6 Å². The van der Waals surface area contributed by atoms with Gasteiger partial charge in [0.2, 0.25) is 0 Å². The van der Waals surface area contributed by atoms with E-state index in [2.05, 4.69) is 10.3 Å². The van der Waals surface area contributed by atoms with Crippen molar-refractivity contribution in [1.29, 1.82) is 0 Å². The smallest absolute Gasteiger partial charge is 0.270 e. The van der Waals surface area contributed by atoms with Crippen LogP contribution in [0.2, 0.25) is 0 Å². The minimum absolute atomic E-state index is 0.0644. The van der Waals surface area contributed by atoms with Crippen LogP contribution >= 0.6 is 0 Å². The number of fused-ring (bicyclic) bond motifs is 1. The van der Waals surface area contributed by atoms with E-state index in [1.807, 2.05) is 32.2 Å². The average Bonchev–Trinajstić information content (AvgIpc) is 3.03. The predicted octanol–water partition coefficient (Wildman–Crippen LogP) is 3.49. The maximum Gasteiger partial charge on any atom is 0.270 e. The van der Waals surface area contributed by atoms with E-state index in [1.54, 1.807) is 4.40 Å². The van der Waals surface area contributed by atoms with E-state index in [9.17, 15) is 9.90 Å². The molecule has 0 spiro atoms. The number of carbonyl (C=O) groups excluding carboxylic acids is 1. The molecule has 1 unspecified atom stereocenters. The number of pyridine rings is 1. The molecular weight excluding hydrogens is 342 g/mol. The molecule has 6 heteroatoms. The molecule has 2 heterocycles. The highest BCUT2D eigenvalue weighted by molar-refractivity contribution is 5.95. The van der Waals surface area contributed by atoms with Gasteiger partial charge in [0, 0.05) is 6.20 Å². The Bertz CT molecular complexity index is 765. The molecule has 2 aromatic rings. The number of nitrogens with zero attached hydrogens (tertiary/aromatic N) is 2. The third-order valence-electron chi connectivity index (χ3n) is 5.40. The van der Waals surface area contributed by atoms with Crippen LogP contribution in [0.1, 0.15) is 68.1 Å². The first kappa shape index (κ1) is 19.7. The zero-order valence-electron chi connectivity index (χ0n) is 16.4. The fourth-order valence-electron chi connectivity index (χ4n) is 3.91. The molecule has 2 N–H and O–H groups in total. The number of carbonyl (C=O) groups is 1. The van der Waals surface area contributed by atoms with E-state index in [4.69, 9.17) is 4.74 Å². The van der Waals surface area contributed by atoms with Gasteiger partial charge in [0.25, 0.3) is 5.91 Å². The zero-order chi connectivity index (χ0) is 19.2. The number of aliphatic hydroxyl groups is 1. The molecule has 1 aliphatic rings. The largest absolute Gasteiger partial charge is 0.489 e. The summed E-state index contributed by atoms with van der Waals surface area (Å²) in [4.78, 5) is 17.4. The topological polar surface area (TPSA) is 75.9 Å². The predicted molar refractivity (Wildman–Crippen MR) is 105 cm³/mol. The van der Waals surface area contributed by atoms with Crippen molar-refractivity contribution in [3.05, 3.63) is 29.7 Å². The standard InChI is InChI=1S/C21H31N3O3/c1-3-8-17(13-25)23-21(26)19-15(2)22-20-18(11-7-12-24(19)20)27-14-16-9-5-4-6-10-16/h7,11-12,16-17,25H,3-6,8-10,13-14H2,1-2H3,(H,23,26). The average molecular weight is 373 g/mol. The fourth-order valence-corrected chi connectivity index (χ4v) is 3.91. The van der Waals surface area contributed by atoms with Crippen LogP contribution in [0.15, 0.2) is 18.3 Å². The summed E-state index contributed by atoms with van der Waals surface area (Å²) in [6.45, 7) is 4.51. The van der Waals surface area contributed by atoms with Gasteiger partial charge >= 0.3 is 0 Å². The van der Waals surface area contributed by atoms with E-state index in [1.165, 1.54) is 32.1 Å². The molecule has 27 heavy (non-hydrogen) atoms. The summed E-state index contributed by atoms with van der Waals surface area (Å²) in [6, 6.07) is 3.56. The quantitative estimate of drug-likeness (QED) is 0.743. The lowest BCUT2D eigenvalue weighted by atomic mass is 9.90. The number of hydrogen-bond acceptors (Lipinski definition) is 4. The van der Waals surface area contributed by atoms with E-state index >= 15 is 0 Å². The van der Waals surface area contributed by atoms with Gasteiger partial charge in [-0.05, 0) is 44.2 Å². The van der Waals surface area contributed by atoms with E-state index in [0.717, 1.165) is 18.6 Å². The Kier molecular flexibility index (Phi) is 6.72. The number of aliphatic hydroxyl groups excluding tert-OH is 1. The van der Waals surface area contributed by atoms with Crippen LogP contribution in [-0.2, 0) is 0 Å². The molecule has 1 atom stereocenters. The summed E-state index contributed by atoms with van der Waals surface area (Å²) in [5.74, 6) is 1.12. The van der Waals surface area contributed by atoms with Crippen molar-refractivity contribution >= 4 is 11.6 Å². The van der Waals surface area contributed by atoms with Crippen molar-refractivity contribution in [2.75, 3.05) is 13.2 Å². The van der Waals surface area contributed by atoms with Gasteiger partial charge < -0.3 is 15.2 Å². The Morgan fingerprint density at radius 2 is 2.19 bits per heavy atom. The molecule has 1 fully saturated rings. The van der Waals surface area contributed by atoms with Gasteiger partial charge in [0.15, 0.2) is 11.4 Å². The number of hydrogen-bond donors (Lipinski definition) is 2. The van der Waals surface area contributed by atoms with Crippen LogP contribution in [-0.4, -0.2) is 39.7 Å². The number of amides is 1. The number of imidazole rings is 1. The Morgan fingerprint density at radius 1 is 1.41 bits per heavy atom. The molecule has 0 saturated heterocycles. The molecule has 148 valence electrons. The third kappa shape index (κ3) is 4.61. The number of ether oxygens (including phenoxy) is 1. The highest BCUT2D eigenvalue weighted by Gasteiger charge is 2.21. The van der Waals surface area contributed by atoms with Crippen LogP contribution < -0.4 is 10.1 Å². The van der Waals surface area contributed by atoms with Crippen molar-refractivity contribution in [3.63, 3.8) is 0 Å². The van der Waals surface area contributed by atoms with Crippen molar-refractivity contribution in [2.24, 2.45) is 5.92 Å². The van der Waals surface area contributed by atoms with Gasteiger partial charge in [-0.15, -0.1) is 0 Å². The lowest BCUT2D eigenvalue weighted by Crippen LogP contribution is -2.38.